The second kappa shape index (κ2) is 11.6. The summed E-state index contributed by atoms with van der Waals surface area (Å²) in [4.78, 5) is 16.3. The van der Waals surface area contributed by atoms with Crippen LogP contribution in [-0.2, 0) is 0 Å². The zero-order valence-corrected chi connectivity index (χ0v) is 28.2. The lowest BCUT2D eigenvalue weighted by Gasteiger charge is -2.20. The number of thiazole rings is 1. The van der Waals surface area contributed by atoms with Crippen molar-refractivity contribution in [1.82, 2.24) is 19.3 Å². The lowest BCUT2D eigenvalue weighted by molar-refractivity contribution is 0.582. The maximum absolute atomic E-state index is 6.20. The van der Waals surface area contributed by atoms with Gasteiger partial charge < -0.3 is 9.40 Å². The fourth-order valence-electron chi connectivity index (χ4n) is 6.55. The molecule has 1 N–H and O–H groups in total. The van der Waals surface area contributed by atoms with Gasteiger partial charge in [-0.25, -0.2) is 9.97 Å². The lowest BCUT2D eigenvalue weighted by atomic mass is 9.93. The Balaban J connectivity index is 1.39. The topological polar surface area (TPSA) is 67.6 Å². The third-order valence-corrected chi connectivity index (χ3v) is 11.9. The lowest BCUT2D eigenvalue weighted by Crippen LogP contribution is -1.98. The number of fused-ring (bicyclic) bond motifs is 4. The summed E-state index contributed by atoms with van der Waals surface area (Å²) in [5.74, 6) is 1.53. The Morgan fingerprint density at radius 2 is 1.41 bits per heavy atom. The Morgan fingerprint density at radius 1 is 0.633 bits per heavy atom. The molecule has 0 fully saturated rings. The Labute approximate surface area is 293 Å². The van der Waals surface area contributed by atoms with Crippen LogP contribution in [0.1, 0.15) is 0 Å². The van der Waals surface area contributed by atoms with Crippen LogP contribution in [-0.4, -0.2) is 19.3 Å². The molecule has 10 aromatic rings. The van der Waals surface area contributed by atoms with Gasteiger partial charge in [0.15, 0.2) is 0 Å². The van der Waals surface area contributed by atoms with E-state index in [1.54, 1.807) is 29.4 Å². The number of hydrogen-bond donors (Lipinski definition) is 1. The Bertz CT molecular complexity index is 2760. The van der Waals surface area contributed by atoms with Crippen molar-refractivity contribution in [3.63, 3.8) is 0 Å². The second-order valence-corrected chi connectivity index (χ2v) is 14.6. The van der Waals surface area contributed by atoms with Crippen molar-refractivity contribution in [3.05, 3.63) is 140 Å². The molecule has 0 spiro atoms. The molecule has 0 bridgehead atoms. The number of rotatable bonds is 6. The molecule has 0 aliphatic carbocycles. The first-order valence-corrected chi connectivity index (χ1v) is 18.3. The van der Waals surface area contributed by atoms with E-state index in [0.29, 0.717) is 0 Å². The van der Waals surface area contributed by atoms with Gasteiger partial charge in [-0.05, 0) is 76.9 Å². The second-order valence-electron chi connectivity index (χ2n) is 11.7. The van der Waals surface area contributed by atoms with E-state index in [1.807, 2.05) is 36.4 Å². The fraction of sp³-hybridized carbons (Fsp3) is 0. The van der Waals surface area contributed by atoms with Crippen LogP contribution < -0.4 is 0 Å². The summed E-state index contributed by atoms with van der Waals surface area (Å²) in [6.45, 7) is 0. The van der Waals surface area contributed by atoms with Gasteiger partial charge in [0.1, 0.15) is 16.6 Å². The molecule has 4 aromatic heterocycles. The van der Waals surface area contributed by atoms with Gasteiger partial charge >= 0.3 is 0 Å². The zero-order valence-electron chi connectivity index (χ0n) is 25.8. The highest BCUT2D eigenvalue weighted by molar-refractivity contribution is 7.99. The minimum atomic E-state index is 0.756. The molecule has 232 valence electrons. The van der Waals surface area contributed by atoms with E-state index in [2.05, 4.69) is 102 Å². The summed E-state index contributed by atoms with van der Waals surface area (Å²) in [6.07, 6.45) is 1.73. The molecule has 0 saturated carbocycles. The molecule has 8 heteroatoms. The number of nitrogens with zero attached hydrogens (tertiary/aromatic N) is 3. The summed E-state index contributed by atoms with van der Waals surface area (Å²) < 4.78 is 13.6. The molecule has 0 aliphatic rings. The molecule has 49 heavy (non-hydrogen) atoms. The predicted molar refractivity (Wildman–Crippen MR) is 205 cm³/mol. The minimum absolute atomic E-state index is 0.756. The molecule has 4 heterocycles. The standard InChI is InChI=1S/C41H24N4OS3/c1-2-13-25-24(11-1)12-9-21-33(25)47-39-36(40-42-29-15-4-5-16-30(29)43-40)27(32-18-10-22-46-32)23-28(38-26-14-3-7-19-34(26)49-45-38)37(39)41-44-31-17-6-8-20-35(31)48-41/h1-23H,(H,42,43). The van der Waals surface area contributed by atoms with Crippen LogP contribution in [0.5, 0.6) is 0 Å². The summed E-state index contributed by atoms with van der Waals surface area (Å²) >= 11 is 4.97. The summed E-state index contributed by atoms with van der Waals surface area (Å²) in [5.41, 5.74) is 7.70. The molecular formula is C41H24N4OS3. The highest BCUT2D eigenvalue weighted by atomic mass is 32.2. The SMILES string of the molecule is c1coc(-c2cc(-c3nsc4ccccc34)c(-c3nc4ccccc4s3)c(Sc3cccc4ccccc34)c2-c2nc3ccccc3[nH]2)c1. The molecule has 0 unspecified atom stereocenters. The van der Waals surface area contributed by atoms with Crippen molar-refractivity contribution >= 4 is 76.7 Å². The quantitative estimate of drug-likeness (QED) is 0.189. The number of aromatic amines is 1. The van der Waals surface area contributed by atoms with Gasteiger partial charge in [-0.1, -0.05) is 90.6 Å². The van der Waals surface area contributed by atoms with E-state index in [1.165, 1.54) is 22.3 Å². The maximum Gasteiger partial charge on any atom is 0.140 e. The summed E-state index contributed by atoms with van der Waals surface area (Å²) in [6, 6.07) is 46.2. The summed E-state index contributed by atoms with van der Waals surface area (Å²) in [7, 11) is 0. The first-order valence-electron chi connectivity index (χ1n) is 15.8. The minimum Gasteiger partial charge on any atom is -0.464 e. The number of H-pyrrole nitrogens is 1. The number of imidazole rings is 1. The molecule has 10 rings (SSSR count). The smallest absolute Gasteiger partial charge is 0.140 e. The molecule has 0 radical (unpaired) electrons. The van der Waals surface area contributed by atoms with Crippen LogP contribution in [0, 0.1) is 0 Å². The van der Waals surface area contributed by atoms with Crippen LogP contribution in [0.15, 0.2) is 154 Å². The van der Waals surface area contributed by atoms with Crippen molar-refractivity contribution in [1.29, 1.82) is 0 Å². The van der Waals surface area contributed by atoms with E-state index in [4.69, 9.17) is 18.8 Å². The van der Waals surface area contributed by atoms with Crippen LogP contribution in [0.25, 0.3) is 86.6 Å². The Morgan fingerprint density at radius 3 is 2.27 bits per heavy atom. The molecule has 5 nitrogen and oxygen atoms in total. The average Bonchev–Trinajstić information content (AvgIpc) is 3.97. The van der Waals surface area contributed by atoms with Crippen molar-refractivity contribution < 1.29 is 4.42 Å². The van der Waals surface area contributed by atoms with Crippen molar-refractivity contribution in [2.24, 2.45) is 0 Å². The predicted octanol–water partition coefficient (Wildman–Crippen LogP) is 12.3. The Kier molecular flexibility index (Phi) is 6.72. The van der Waals surface area contributed by atoms with Crippen LogP contribution in [0.2, 0.25) is 0 Å². The highest BCUT2D eigenvalue weighted by Gasteiger charge is 2.29. The first-order chi connectivity index (χ1) is 24.3. The molecule has 0 atom stereocenters. The molecular weight excluding hydrogens is 661 g/mol. The van der Waals surface area contributed by atoms with E-state index in [9.17, 15) is 0 Å². The van der Waals surface area contributed by atoms with Crippen molar-refractivity contribution in [2.75, 3.05) is 0 Å². The molecule has 0 amide bonds. The van der Waals surface area contributed by atoms with Crippen molar-refractivity contribution in [2.45, 2.75) is 9.79 Å². The van der Waals surface area contributed by atoms with Gasteiger partial charge in [0.2, 0.25) is 0 Å². The van der Waals surface area contributed by atoms with Gasteiger partial charge in [-0.3, -0.25) is 0 Å². The number of aromatic nitrogens is 4. The Hall–Kier alpha value is -5.54. The maximum atomic E-state index is 6.20. The number of nitrogens with one attached hydrogen (secondary N) is 1. The van der Waals surface area contributed by atoms with Crippen molar-refractivity contribution in [3.8, 4) is 44.5 Å². The van der Waals surface area contributed by atoms with E-state index < -0.39 is 0 Å². The van der Waals surface area contributed by atoms with E-state index in [0.717, 1.165) is 85.7 Å². The van der Waals surface area contributed by atoms with Crippen LogP contribution in [0.4, 0.5) is 0 Å². The van der Waals surface area contributed by atoms with E-state index >= 15 is 0 Å². The largest absolute Gasteiger partial charge is 0.464 e. The third kappa shape index (κ3) is 4.79. The number of furan rings is 1. The first kappa shape index (κ1) is 28.5. The van der Waals surface area contributed by atoms with Crippen LogP contribution in [0.3, 0.4) is 0 Å². The van der Waals surface area contributed by atoms with Crippen LogP contribution >= 0.6 is 34.6 Å². The third-order valence-electron chi connectivity index (χ3n) is 8.80. The van der Waals surface area contributed by atoms with Gasteiger partial charge in [-0.2, -0.15) is 4.37 Å². The normalized spacial score (nSPS) is 11.8. The zero-order chi connectivity index (χ0) is 32.3. The molecule has 6 aromatic carbocycles. The highest BCUT2D eigenvalue weighted by Crippen LogP contribution is 2.53. The van der Waals surface area contributed by atoms with Gasteiger partial charge in [0.05, 0.1) is 37.9 Å². The van der Waals surface area contributed by atoms with Gasteiger partial charge in [0, 0.05) is 37.4 Å². The number of benzene rings is 6. The number of para-hydroxylation sites is 3. The molecule has 0 aliphatic heterocycles. The van der Waals surface area contributed by atoms with Gasteiger partial charge in [-0.15, -0.1) is 11.3 Å². The number of hydrogen-bond acceptors (Lipinski definition) is 7. The summed E-state index contributed by atoms with van der Waals surface area (Å²) in [5, 5.41) is 4.41. The van der Waals surface area contributed by atoms with Gasteiger partial charge in [0.25, 0.3) is 0 Å². The monoisotopic (exact) mass is 684 g/mol. The van der Waals surface area contributed by atoms with E-state index in [-0.39, 0.29) is 0 Å². The average molecular weight is 685 g/mol. The fourth-order valence-corrected chi connectivity index (χ4v) is 9.71. The molecule has 0 saturated heterocycles.